The number of aromatic nitrogens is 2. The molecule has 2 N–H and O–H groups in total. The number of rotatable bonds is 3. The maximum Gasteiger partial charge on any atom is 0.257 e. The van der Waals surface area contributed by atoms with Crippen molar-refractivity contribution in [3.8, 4) is 11.5 Å². The lowest BCUT2D eigenvalue weighted by atomic mass is 10.2. The molecule has 1 heterocycles. The Labute approximate surface area is 131 Å². The van der Waals surface area contributed by atoms with Gasteiger partial charge in [-0.2, -0.15) is 0 Å². The minimum Gasteiger partial charge on any atom is -0.504 e. The van der Waals surface area contributed by atoms with E-state index >= 15 is 0 Å². The van der Waals surface area contributed by atoms with E-state index in [1.165, 1.54) is 31.5 Å². The first-order valence-electron chi connectivity index (χ1n) is 5.37. The minimum atomic E-state index is -0.416. The number of nitrogens with one attached hydrogen (secondary N) is 1. The lowest BCUT2D eigenvalue weighted by Gasteiger charge is -2.08. The van der Waals surface area contributed by atoms with E-state index in [0.717, 1.165) is 0 Å². The Morgan fingerprint density at radius 1 is 1.40 bits per heavy atom. The van der Waals surface area contributed by atoms with Crippen LogP contribution in [0.2, 0.25) is 0 Å². The van der Waals surface area contributed by atoms with Crippen molar-refractivity contribution in [1.82, 2.24) is 9.97 Å². The summed E-state index contributed by atoms with van der Waals surface area (Å²) in [5.74, 6) is 0.0565. The molecule has 0 saturated heterocycles. The number of phenolic OH excluding ortho intramolecular Hbond substituents is 1. The van der Waals surface area contributed by atoms with Gasteiger partial charge in [-0.15, -0.1) is 0 Å². The molecule has 1 aromatic carbocycles. The fourth-order valence-electron chi connectivity index (χ4n) is 1.44. The van der Waals surface area contributed by atoms with Gasteiger partial charge in [-0.1, -0.05) is 0 Å². The van der Waals surface area contributed by atoms with Crippen LogP contribution in [-0.4, -0.2) is 28.1 Å². The number of benzene rings is 1. The highest BCUT2D eigenvalue weighted by molar-refractivity contribution is 9.11. The highest BCUT2D eigenvalue weighted by Crippen LogP contribution is 2.27. The molecule has 0 aliphatic carbocycles. The van der Waals surface area contributed by atoms with Crippen LogP contribution in [0.5, 0.6) is 11.5 Å². The summed E-state index contributed by atoms with van der Waals surface area (Å²) in [6.07, 6.45) is 1.46. The zero-order valence-electron chi connectivity index (χ0n) is 10.2. The molecule has 0 aliphatic heterocycles. The van der Waals surface area contributed by atoms with Gasteiger partial charge in [0.25, 0.3) is 5.91 Å². The van der Waals surface area contributed by atoms with Gasteiger partial charge in [0.15, 0.2) is 17.3 Å². The van der Waals surface area contributed by atoms with Crippen LogP contribution in [0.3, 0.4) is 0 Å². The van der Waals surface area contributed by atoms with Crippen LogP contribution >= 0.6 is 31.9 Å². The molecule has 0 radical (unpaired) electrons. The Hall–Kier alpha value is -1.67. The summed E-state index contributed by atoms with van der Waals surface area (Å²) in [4.78, 5) is 20.1. The third kappa shape index (κ3) is 3.26. The standard InChI is InChI=1S/C12H9Br2N3O3/c1-20-8-3-2-6(4-7(8)18)12(19)17-11-10(14)16-9(13)5-15-11/h2-5,18H,1H3,(H,15,17,19). The number of methoxy groups -OCH3 is 1. The van der Waals surface area contributed by atoms with Gasteiger partial charge < -0.3 is 15.2 Å². The van der Waals surface area contributed by atoms with Crippen molar-refractivity contribution < 1.29 is 14.6 Å². The third-order valence-electron chi connectivity index (χ3n) is 2.37. The summed E-state index contributed by atoms with van der Waals surface area (Å²) in [7, 11) is 1.43. The number of aromatic hydroxyl groups is 1. The summed E-state index contributed by atoms with van der Waals surface area (Å²) in [5.41, 5.74) is 0.278. The number of halogens is 2. The number of carbonyl (C=O) groups excluding carboxylic acids is 1. The fourth-order valence-corrected chi connectivity index (χ4v) is 2.35. The van der Waals surface area contributed by atoms with E-state index < -0.39 is 5.91 Å². The van der Waals surface area contributed by atoms with Gasteiger partial charge in [-0.3, -0.25) is 4.79 Å². The van der Waals surface area contributed by atoms with Gasteiger partial charge in [-0.25, -0.2) is 9.97 Å². The first-order valence-corrected chi connectivity index (χ1v) is 6.96. The monoisotopic (exact) mass is 401 g/mol. The Balaban J connectivity index is 2.21. The smallest absolute Gasteiger partial charge is 0.257 e. The third-order valence-corrected chi connectivity index (χ3v) is 3.31. The molecule has 0 fully saturated rings. The molecule has 0 bridgehead atoms. The normalized spacial score (nSPS) is 10.2. The van der Waals surface area contributed by atoms with Crippen LogP contribution in [0.15, 0.2) is 33.6 Å². The van der Waals surface area contributed by atoms with E-state index in [9.17, 15) is 9.90 Å². The highest BCUT2D eigenvalue weighted by Gasteiger charge is 2.12. The Morgan fingerprint density at radius 2 is 2.15 bits per heavy atom. The fraction of sp³-hybridized carbons (Fsp3) is 0.0833. The minimum absolute atomic E-state index is 0.110. The molecule has 0 atom stereocenters. The number of hydrogen-bond donors (Lipinski definition) is 2. The zero-order valence-corrected chi connectivity index (χ0v) is 13.4. The molecule has 8 heteroatoms. The van der Waals surface area contributed by atoms with Gasteiger partial charge in [0.1, 0.15) is 9.21 Å². The molecule has 104 valence electrons. The summed E-state index contributed by atoms with van der Waals surface area (Å²) >= 11 is 6.37. The van der Waals surface area contributed by atoms with Crippen molar-refractivity contribution in [3.05, 3.63) is 39.2 Å². The first-order chi connectivity index (χ1) is 9.51. The first kappa shape index (κ1) is 14.7. The average molecular weight is 403 g/mol. The molecule has 1 amide bonds. The maximum absolute atomic E-state index is 12.0. The van der Waals surface area contributed by atoms with E-state index in [4.69, 9.17) is 4.74 Å². The van der Waals surface area contributed by atoms with Crippen molar-refractivity contribution >= 4 is 43.6 Å². The SMILES string of the molecule is COc1ccc(C(=O)Nc2ncc(Br)nc2Br)cc1O. The molecular formula is C12H9Br2N3O3. The summed E-state index contributed by atoms with van der Waals surface area (Å²) < 4.78 is 5.86. The number of carbonyl (C=O) groups is 1. The second kappa shape index (κ2) is 6.19. The predicted molar refractivity (Wildman–Crippen MR) is 80.0 cm³/mol. The van der Waals surface area contributed by atoms with E-state index in [2.05, 4.69) is 47.1 Å². The van der Waals surface area contributed by atoms with Crippen LogP contribution in [0, 0.1) is 0 Å². The van der Waals surface area contributed by atoms with Gasteiger partial charge in [0, 0.05) is 5.56 Å². The van der Waals surface area contributed by atoms with Crippen LogP contribution in [0.1, 0.15) is 10.4 Å². The number of anilines is 1. The summed E-state index contributed by atoms with van der Waals surface area (Å²) in [6, 6.07) is 4.36. The predicted octanol–water partition coefficient (Wildman–Crippen LogP) is 2.97. The molecule has 0 saturated carbocycles. The lowest BCUT2D eigenvalue weighted by Crippen LogP contribution is -2.13. The van der Waals surface area contributed by atoms with Crippen molar-refractivity contribution in [1.29, 1.82) is 0 Å². The van der Waals surface area contributed by atoms with Gasteiger partial charge in [-0.05, 0) is 50.1 Å². The van der Waals surface area contributed by atoms with Gasteiger partial charge >= 0.3 is 0 Å². The molecule has 6 nitrogen and oxygen atoms in total. The number of phenols is 1. The van der Waals surface area contributed by atoms with Crippen LogP contribution < -0.4 is 10.1 Å². The number of nitrogens with zero attached hydrogens (tertiary/aromatic N) is 2. The number of amides is 1. The molecule has 2 rings (SSSR count). The number of ether oxygens (including phenoxy) is 1. The lowest BCUT2D eigenvalue weighted by molar-refractivity contribution is 0.102. The van der Waals surface area contributed by atoms with E-state index in [1.807, 2.05) is 0 Å². The molecule has 0 aliphatic rings. The zero-order chi connectivity index (χ0) is 14.7. The molecular weight excluding hydrogens is 394 g/mol. The van der Waals surface area contributed by atoms with Crippen molar-refractivity contribution in [2.45, 2.75) is 0 Å². The van der Waals surface area contributed by atoms with Crippen molar-refractivity contribution in [2.24, 2.45) is 0 Å². The van der Waals surface area contributed by atoms with Crippen molar-refractivity contribution in [2.75, 3.05) is 12.4 Å². The maximum atomic E-state index is 12.0. The second-order valence-corrected chi connectivity index (χ2v) is 5.24. The summed E-state index contributed by atoms with van der Waals surface area (Å²) in [6.45, 7) is 0. The Morgan fingerprint density at radius 3 is 2.75 bits per heavy atom. The highest BCUT2D eigenvalue weighted by atomic mass is 79.9. The van der Waals surface area contributed by atoms with Crippen LogP contribution in [0.4, 0.5) is 5.82 Å². The summed E-state index contributed by atoms with van der Waals surface area (Å²) in [5, 5.41) is 12.2. The van der Waals surface area contributed by atoms with Gasteiger partial charge in [0.05, 0.1) is 13.3 Å². The number of hydrogen-bond acceptors (Lipinski definition) is 5. The molecule has 0 unspecified atom stereocenters. The molecule has 1 aromatic heterocycles. The molecule has 20 heavy (non-hydrogen) atoms. The van der Waals surface area contributed by atoms with Gasteiger partial charge in [0.2, 0.25) is 0 Å². The quantitative estimate of drug-likeness (QED) is 0.824. The Bertz CT molecular complexity index is 664. The van der Waals surface area contributed by atoms with Crippen LogP contribution in [0.25, 0.3) is 0 Å². The molecule has 2 aromatic rings. The molecule has 0 spiro atoms. The largest absolute Gasteiger partial charge is 0.504 e. The second-order valence-electron chi connectivity index (χ2n) is 3.67. The topological polar surface area (TPSA) is 84.3 Å². The Kier molecular flexibility index (Phi) is 4.56. The van der Waals surface area contributed by atoms with E-state index in [0.29, 0.717) is 15.0 Å². The van der Waals surface area contributed by atoms with Crippen molar-refractivity contribution in [3.63, 3.8) is 0 Å². The van der Waals surface area contributed by atoms with E-state index in [1.54, 1.807) is 0 Å². The van der Waals surface area contributed by atoms with E-state index in [-0.39, 0.29) is 17.1 Å². The van der Waals surface area contributed by atoms with Crippen LogP contribution in [-0.2, 0) is 0 Å². The average Bonchev–Trinajstić information content (AvgIpc) is 2.41.